The molecule has 7 nitrogen and oxygen atoms in total. The third kappa shape index (κ3) is 3.62. The van der Waals surface area contributed by atoms with E-state index in [0.29, 0.717) is 18.3 Å². The van der Waals surface area contributed by atoms with Crippen LogP contribution < -0.4 is 10.1 Å². The van der Waals surface area contributed by atoms with E-state index in [9.17, 15) is 4.79 Å². The summed E-state index contributed by atoms with van der Waals surface area (Å²) >= 11 is 0. The van der Waals surface area contributed by atoms with Crippen molar-refractivity contribution >= 4 is 5.91 Å². The van der Waals surface area contributed by atoms with Crippen molar-refractivity contribution in [3.05, 3.63) is 41.5 Å². The Morgan fingerprint density at radius 1 is 1.45 bits per heavy atom. The van der Waals surface area contributed by atoms with Gasteiger partial charge in [0, 0.05) is 6.42 Å². The van der Waals surface area contributed by atoms with Gasteiger partial charge in [0.1, 0.15) is 25.1 Å². The summed E-state index contributed by atoms with van der Waals surface area (Å²) in [6.07, 6.45) is 0.776. The number of hydrogen-bond donors (Lipinski definition) is 1. The Bertz CT molecular complexity index is 631. The number of para-hydroxylation sites is 1. The van der Waals surface area contributed by atoms with Gasteiger partial charge in [-0.25, -0.2) is 0 Å². The van der Waals surface area contributed by atoms with Crippen molar-refractivity contribution in [2.24, 2.45) is 0 Å². The van der Waals surface area contributed by atoms with Crippen molar-refractivity contribution in [3.8, 4) is 5.75 Å². The fourth-order valence-corrected chi connectivity index (χ4v) is 2.28. The van der Waals surface area contributed by atoms with Gasteiger partial charge in [0.15, 0.2) is 5.82 Å². The molecule has 1 atom stereocenters. The van der Waals surface area contributed by atoms with Crippen LogP contribution in [0.2, 0.25) is 0 Å². The summed E-state index contributed by atoms with van der Waals surface area (Å²) in [6.45, 7) is 2.25. The van der Waals surface area contributed by atoms with E-state index in [1.165, 1.54) is 5.56 Å². The molecule has 1 aliphatic rings. The van der Waals surface area contributed by atoms with E-state index in [0.717, 1.165) is 12.2 Å². The monoisotopic (exact) mass is 303 g/mol. The summed E-state index contributed by atoms with van der Waals surface area (Å²) in [4.78, 5) is 15.7. The third-order valence-electron chi connectivity index (χ3n) is 3.27. The number of fused-ring (bicyclic) bond motifs is 1. The number of aryl methyl sites for hydroxylation is 1. The Kier molecular flexibility index (Phi) is 4.34. The zero-order valence-electron chi connectivity index (χ0n) is 12.2. The van der Waals surface area contributed by atoms with Gasteiger partial charge >= 0.3 is 0 Å². The normalized spacial score (nSPS) is 16.1. The van der Waals surface area contributed by atoms with Crippen molar-refractivity contribution in [2.75, 3.05) is 13.2 Å². The summed E-state index contributed by atoms with van der Waals surface area (Å²) in [7, 11) is 0. The second-order valence-electron chi connectivity index (χ2n) is 5.08. The third-order valence-corrected chi connectivity index (χ3v) is 3.27. The molecular weight excluding hydrogens is 286 g/mol. The van der Waals surface area contributed by atoms with Crippen LogP contribution in [0.4, 0.5) is 0 Å². The fraction of sp³-hybridized carbons (Fsp3) is 0.400. The van der Waals surface area contributed by atoms with Gasteiger partial charge in [0.05, 0.1) is 6.54 Å². The molecule has 116 valence electrons. The highest BCUT2D eigenvalue weighted by Crippen LogP contribution is 2.27. The van der Waals surface area contributed by atoms with Gasteiger partial charge in [-0.2, -0.15) is 4.98 Å². The molecule has 3 rings (SSSR count). The number of rotatable bonds is 6. The molecule has 0 spiro atoms. The van der Waals surface area contributed by atoms with E-state index in [4.69, 9.17) is 14.0 Å². The van der Waals surface area contributed by atoms with Crippen molar-refractivity contribution in [2.45, 2.75) is 26.1 Å². The first-order valence-corrected chi connectivity index (χ1v) is 7.09. The van der Waals surface area contributed by atoms with Crippen LogP contribution in [0.5, 0.6) is 5.75 Å². The molecule has 1 N–H and O–H groups in total. The maximum Gasteiger partial charge on any atom is 0.252 e. The molecule has 0 radical (unpaired) electrons. The van der Waals surface area contributed by atoms with Gasteiger partial charge < -0.3 is 19.3 Å². The second-order valence-corrected chi connectivity index (χ2v) is 5.08. The molecule has 0 aliphatic carbocycles. The predicted octanol–water partition coefficient (Wildman–Crippen LogP) is 1.01. The van der Waals surface area contributed by atoms with Gasteiger partial charge in [-0.15, -0.1) is 0 Å². The molecule has 1 aliphatic heterocycles. The summed E-state index contributed by atoms with van der Waals surface area (Å²) in [6, 6.07) is 7.89. The van der Waals surface area contributed by atoms with Crippen LogP contribution in [-0.4, -0.2) is 35.3 Å². The summed E-state index contributed by atoms with van der Waals surface area (Å²) in [5.74, 6) is 1.60. The Morgan fingerprint density at radius 2 is 2.32 bits per heavy atom. The first-order valence-electron chi connectivity index (χ1n) is 7.09. The highest BCUT2D eigenvalue weighted by molar-refractivity contribution is 5.77. The molecule has 0 fully saturated rings. The van der Waals surface area contributed by atoms with Gasteiger partial charge in [0.25, 0.3) is 5.89 Å². The first kappa shape index (κ1) is 14.5. The Balaban J connectivity index is 1.35. The quantitative estimate of drug-likeness (QED) is 0.857. The molecule has 1 amide bonds. The molecule has 2 heterocycles. The predicted molar refractivity (Wildman–Crippen MR) is 76.3 cm³/mol. The van der Waals surface area contributed by atoms with Crippen LogP contribution in [-0.2, 0) is 22.6 Å². The van der Waals surface area contributed by atoms with E-state index in [-0.39, 0.29) is 25.2 Å². The fourth-order valence-electron chi connectivity index (χ4n) is 2.28. The molecule has 0 bridgehead atoms. The van der Waals surface area contributed by atoms with E-state index >= 15 is 0 Å². The number of ether oxygens (including phenoxy) is 2. The van der Waals surface area contributed by atoms with Crippen LogP contribution in [0.15, 0.2) is 28.8 Å². The SMILES string of the molecule is Cc1noc(COCC(=O)NC[C@H]2Cc3ccccc3O2)n1. The van der Waals surface area contributed by atoms with Gasteiger partial charge in [-0.3, -0.25) is 4.79 Å². The zero-order valence-corrected chi connectivity index (χ0v) is 12.2. The molecule has 2 aromatic rings. The molecular formula is C15H17N3O4. The largest absolute Gasteiger partial charge is 0.488 e. The van der Waals surface area contributed by atoms with Crippen molar-refractivity contribution in [1.82, 2.24) is 15.5 Å². The maximum atomic E-state index is 11.7. The average molecular weight is 303 g/mol. The number of benzene rings is 1. The average Bonchev–Trinajstić information content (AvgIpc) is 3.11. The lowest BCUT2D eigenvalue weighted by atomic mass is 10.1. The van der Waals surface area contributed by atoms with E-state index in [2.05, 4.69) is 15.5 Å². The smallest absolute Gasteiger partial charge is 0.252 e. The minimum Gasteiger partial charge on any atom is -0.488 e. The van der Waals surface area contributed by atoms with Gasteiger partial charge in [-0.1, -0.05) is 23.4 Å². The van der Waals surface area contributed by atoms with E-state index < -0.39 is 0 Å². The minimum atomic E-state index is -0.198. The number of nitrogens with zero attached hydrogens (tertiary/aromatic N) is 2. The molecule has 0 saturated heterocycles. The van der Waals surface area contributed by atoms with Crippen LogP contribution in [0.25, 0.3) is 0 Å². The molecule has 0 unspecified atom stereocenters. The van der Waals surface area contributed by atoms with Gasteiger partial charge in [-0.05, 0) is 18.6 Å². The van der Waals surface area contributed by atoms with Crippen LogP contribution in [0.1, 0.15) is 17.3 Å². The lowest BCUT2D eigenvalue weighted by Crippen LogP contribution is -2.36. The Hall–Kier alpha value is -2.41. The molecule has 22 heavy (non-hydrogen) atoms. The number of aromatic nitrogens is 2. The Morgan fingerprint density at radius 3 is 3.09 bits per heavy atom. The molecule has 7 heteroatoms. The summed E-state index contributed by atoms with van der Waals surface area (Å²) < 4.78 is 15.9. The lowest BCUT2D eigenvalue weighted by Gasteiger charge is -2.11. The highest BCUT2D eigenvalue weighted by Gasteiger charge is 2.22. The van der Waals surface area contributed by atoms with Crippen molar-refractivity contribution in [3.63, 3.8) is 0 Å². The number of carbonyl (C=O) groups excluding carboxylic acids is 1. The van der Waals surface area contributed by atoms with E-state index in [1.807, 2.05) is 24.3 Å². The van der Waals surface area contributed by atoms with E-state index in [1.54, 1.807) is 6.92 Å². The van der Waals surface area contributed by atoms with Crippen LogP contribution in [0.3, 0.4) is 0 Å². The minimum absolute atomic E-state index is 0.0278. The lowest BCUT2D eigenvalue weighted by molar-refractivity contribution is -0.126. The maximum absolute atomic E-state index is 11.7. The first-order chi connectivity index (χ1) is 10.7. The standard InChI is InChI=1S/C15H17N3O4/c1-10-17-15(22-18-10)9-20-8-14(19)16-7-12-6-11-4-2-3-5-13(11)21-12/h2-5,12H,6-9H2,1H3,(H,16,19)/t12-/m1/s1. The zero-order chi connectivity index (χ0) is 15.4. The van der Waals surface area contributed by atoms with Crippen molar-refractivity contribution in [1.29, 1.82) is 0 Å². The molecule has 1 aromatic carbocycles. The summed E-state index contributed by atoms with van der Waals surface area (Å²) in [5, 5.41) is 6.43. The van der Waals surface area contributed by atoms with Crippen LogP contribution >= 0.6 is 0 Å². The number of nitrogens with one attached hydrogen (secondary N) is 1. The number of amides is 1. The molecule has 0 saturated carbocycles. The Labute approximate surface area is 127 Å². The molecule has 1 aromatic heterocycles. The highest BCUT2D eigenvalue weighted by atomic mass is 16.5. The number of hydrogen-bond acceptors (Lipinski definition) is 6. The second kappa shape index (κ2) is 6.57. The number of carbonyl (C=O) groups is 1. The topological polar surface area (TPSA) is 86.5 Å². The van der Waals surface area contributed by atoms with Crippen molar-refractivity contribution < 1.29 is 18.8 Å². The van der Waals surface area contributed by atoms with Crippen LogP contribution in [0, 0.1) is 6.92 Å². The van der Waals surface area contributed by atoms with Gasteiger partial charge in [0.2, 0.25) is 5.91 Å². The summed E-state index contributed by atoms with van der Waals surface area (Å²) in [5.41, 5.74) is 1.17.